The van der Waals surface area contributed by atoms with Crippen LogP contribution in [0.2, 0.25) is 0 Å². The maximum Gasteiger partial charge on any atom is 0.00957 e. The fourth-order valence-electron chi connectivity index (χ4n) is 2.47. The zero-order valence-electron chi connectivity index (χ0n) is 11.6. The number of hydrogen-bond donors (Lipinski definition) is 1. The molecule has 0 aliphatic heterocycles. The molecule has 1 nitrogen and oxygen atoms in total. The van der Waals surface area contributed by atoms with Crippen molar-refractivity contribution < 1.29 is 0 Å². The molecule has 0 aliphatic carbocycles. The molecule has 1 aromatic carbocycles. The first kappa shape index (κ1) is 14.2. The van der Waals surface area contributed by atoms with Gasteiger partial charge in [0, 0.05) is 6.04 Å². The lowest BCUT2D eigenvalue weighted by Gasteiger charge is -2.24. The van der Waals surface area contributed by atoms with Crippen LogP contribution < -0.4 is 5.32 Å². The summed E-state index contributed by atoms with van der Waals surface area (Å²) in [5.41, 5.74) is 1.46. The van der Waals surface area contributed by atoms with Crippen LogP contribution in [0.15, 0.2) is 30.3 Å². The van der Waals surface area contributed by atoms with Gasteiger partial charge in [0.2, 0.25) is 0 Å². The van der Waals surface area contributed by atoms with E-state index in [0.29, 0.717) is 6.04 Å². The molecule has 1 heteroatoms. The maximum atomic E-state index is 3.64. The van der Waals surface area contributed by atoms with Gasteiger partial charge in [-0.2, -0.15) is 0 Å². The fourth-order valence-corrected chi connectivity index (χ4v) is 2.47. The predicted octanol–water partition coefficient (Wildman–Crippen LogP) is 4.03. The molecular weight excluding hydrogens is 206 g/mol. The van der Waals surface area contributed by atoms with Crippen LogP contribution in [-0.4, -0.2) is 12.6 Å². The van der Waals surface area contributed by atoms with Crippen molar-refractivity contribution in [2.75, 3.05) is 6.54 Å². The van der Waals surface area contributed by atoms with Gasteiger partial charge in [0.05, 0.1) is 0 Å². The van der Waals surface area contributed by atoms with E-state index in [0.717, 1.165) is 12.5 Å². The summed E-state index contributed by atoms with van der Waals surface area (Å²) in [4.78, 5) is 0. The van der Waals surface area contributed by atoms with Gasteiger partial charge in [-0.25, -0.2) is 0 Å². The van der Waals surface area contributed by atoms with Crippen LogP contribution in [0.5, 0.6) is 0 Å². The molecule has 2 unspecified atom stereocenters. The highest BCUT2D eigenvalue weighted by atomic mass is 14.9. The molecule has 0 amide bonds. The van der Waals surface area contributed by atoms with Crippen molar-refractivity contribution in [1.29, 1.82) is 0 Å². The molecule has 17 heavy (non-hydrogen) atoms. The molecular formula is C16H27N. The predicted molar refractivity (Wildman–Crippen MR) is 76.3 cm³/mol. The van der Waals surface area contributed by atoms with Crippen molar-refractivity contribution in [1.82, 2.24) is 5.32 Å². The van der Waals surface area contributed by atoms with Crippen LogP contribution in [0, 0.1) is 5.92 Å². The Labute approximate surface area is 107 Å². The molecule has 0 saturated heterocycles. The van der Waals surface area contributed by atoms with Gasteiger partial charge >= 0.3 is 0 Å². The quantitative estimate of drug-likeness (QED) is 0.714. The maximum absolute atomic E-state index is 3.64. The van der Waals surface area contributed by atoms with Crippen LogP contribution in [0.4, 0.5) is 0 Å². The molecule has 0 fully saturated rings. The number of aryl methyl sites for hydroxylation is 1. The second-order valence-corrected chi connectivity index (χ2v) is 4.95. The highest BCUT2D eigenvalue weighted by Crippen LogP contribution is 2.16. The molecule has 96 valence electrons. The summed E-state index contributed by atoms with van der Waals surface area (Å²) >= 11 is 0. The molecule has 0 heterocycles. The molecule has 1 N–H and O–H groups in total. The Hall–Kier alpha value is -0.820. The zero-order chi connectivity index (χ0) is 12.5. The Bertz CT molecular complexity index is 281. The second-order valence-electron chi connectivity index (χ2n) is 4.95. The van der Waals surface area contributed by atoms with Gasteiger partial charge in [-0.05, 0) is 37.3 Å². The number of nitrogens with one attached hydrogen (secondary N) is 1. The first-order chi connectivity index (χ1) is 8.27. The molecule has 0 aliphatic rings. The lowest BCUT2D eigenvalue weighted by Crippen LogP contribution is -2.35. The van der Waals surface area contributed by atoms with Gasteiger partial charge < -0.3 is 5.32 Å². The average Bonchev–Trinajstić information content (AvgIpc) is 2.36. The van der Waals surface area contributed by atoms with Crippen molar-refractivity contribution in [2.24, 2.45) is 5.92 Å². The fraction of sp³-hybridized carbons (Fsp3) is 0.625. The van der Waals surface area contributed by atoms with Gasteiger partial charge in [0.25, 0.3) is 0 Å². The van der Waals surface area contributed by atoms with E-state index in [1.807, 2.05) is 0 Å². The minimum absolute atomic E-state index is 0.667. The van der Waals surface area contributed by atoms with Crippen molar-refractivity contribution in [3.63, 3.8) is 0 Å². The SMILES string of the molecule is CCCC(C)C(CCc1ccccc1)NCC. The van der Waals surface area contributed by atoms with Crippen LogP contribution in [0.3, 0.4) is 0 Å². The van der Waals surface area contributed by atoms with Crippen molar-refractivity contribution >= 4 is 0 Å². The molecule has 0 aromatic heterocycles. The lowest BCUT2D eigenvalue weighted by molar-refractivity contribution is 0.342. The number of benzene rings is 1. The topological polar surface area (TPSA) is 12.0 Å². The van der Waals surface area contributed by atoms with Gasteiger partial charge in [0.15, 0.2) is 0 Å². The van der Waals surface area contributed by atoms with E-state index < -0.39 is 0 Å². The van der Waals surface area contributed by atoms with E-state index in [2.05, 4.69) is 56.4 Å². The van der Waals surface area contributed by atoms with E-state index in [1.54, 1.807) is 0 Å². The minimum Gasteiger partial charge on any atom is -0.314 e. The van der Waals surface area contributed by atoms with E-state index in [-0.39, 0.29) is 0 Å². The largest absolute Gasteiger partial charge is 0.314 e. The number of hydrogen-bond acceptors (Lipinski definition) is 1. The zero-order valence-corrected chi connectivity index (χ0v) is 11.6. The second kappa shape index (κ2) is 8.30. The van der Waals surface area contributed by atoms with E-state index in [4.69, 9.17) is 0 Å². The Morgan fingerprint density at radius 3 is 2.35 bits per heavy atom. The standard InChI is InChI=1S/C16H27N/c1-4-9-14(3)16(17-5-2)13-12-15-10-7-6-8-11-15/h6-8,10-11,14,16-17H,4-5,9,12-13H2,1-3H3. The Kier molecular flexibility index (Phi) is 6.95. The van der Waals surface area contributed by atoms with Crippen LogP contribution in [0.25, 0.3) is 0 Å². The summed E-state index contributed by atoms with van der Waals surface area (Å²) in [7, 11) is 0. The summed E-state index contributed by atoms with van der Waals surface area (Å²) in [6, 6.07) is 11.5. The van der Waals surface area contributed by atoms with E-state index in [1.165, 1.54) is 31.2 Å². The third-order valence-corrected chi connectivity index (χ3v) is 3.48. The summed E-state index contributed by atoms with van der Waals surface area (Å²) < 4.78 is 0. The van der Waals surface area contributed by atoms with Gasteiger partial charge in [0.1, 0.15) is 0 Å². The third kappa shape index (κ3) is 5.36. The van der Waals surface area contributed by atoms with Crippen molar-refractivity contribution in [3.05, 3.63) is 35.9 Å². The van der Waals surface area contributed by atoms with Crippen molar-refractivity contribution in [3.8, 4) is 0 Å². The van der Waals surface area contributed by atoms with Gasteiger partial charge in [-0.1, -0.05) is 57.5 Å². The first-order valence-electron chi connectivity index (χ1n) is 7.05. The monoisotopic (exact) mass is 233 g/mol. The van der Waals surface area contributed by atoms with Crippen molar-refractivity contribution in [2.45, 2.75) is 52.5 Å². The summed E-state index contributed by atoms with van der Waals surface area (Å²) in [5.74, 6) is 0.781. The Morgan fingerprint density at radius 2 is 1.76 bits per heavy atom. The Balaban J connectivity index is 2.43. The first-order valence-corrected chi connectivity index (χ1v) is 7.05. The van der Waals surface area contributed by atoms with E-state index in [9.17, 15) is 0 Å². The minimum atomic E-state index is 0.667. The molecule has 1 rings (SSSR count). The molecule has 0 saturated carbocycles. The van der Waals surface area contributed by atoms with Crippen LogP contribution in [0.1, 0.15) is 45.6 Å². The highest BCUT2D eigenvalue weighted by Gasteiger charge is 2.14. The normalized spacial score (nSPS) is 14.5. The molecule has 2 atom stereocenters. The molecule has 0 spiro atoms. The molecule has 0 radical (unpaired) electrons. The van der Waals surface area contributed by atoms with E-state index >= 15 is 0 Å². The Morgan fingerprint density at radius 1 is 1.06 bits per heavy atom. The van der Waals surface area contributed by atoms with Crippen LogP contribution in [-0.2, 0) is 6.42 Å². The summed E-state index contributed by atoms with van der Waals surface area (Å²) in [6.07, 6.45) is 5.05. The highest BCUT2D eigenvalue weighted by molar-refractivity contribution is 5.14. The smallest absolute Gasteiger partial charge is 0.00957 e. The average molecular weight is 233 g/mol. The van der Waals surface area contributed by atoms with Gasteiger partial charge in [-0.15, -0.1) is 0 Å². The van der Waals surface area contributed by atoms with Gasteiger partial charge in [-0.3, -0.25) is 0 Å². The van der Waals surface area contributed by atoms with Crippen LogP contribution >= 0.6 is 0 Å². The summed E-state index contributed by atoms with van der Waals surface area (Å²) in [6.45, 7) is 7.93. The third-order valence-electron chi connectivity index (χ3n) is 3.48. The lowest BCUT2D eigenvalue weighted by atomic mass is 9.92. The molecule has 0 bridgehead atoms. The molecule has 1 aromatic rings. The number of rotatable bonds is 8. The summed E-state index contributed by atoms with van der Waals surface area (Å²) in [5, 5.41) is 3.64.